The average molecular weight is 896 g/mol. The van der Waals surface area contributed by atoms with Gasteiger partial charge in [-0.1, -0.05) is 13.8 Å². The Bertz CT molecular complexity index is 873. The van der Waals surface area contributed by atoms with Crippen LogP contribution in [0.4, 0.5) is 0 Å². The second-order valence-electron chi connectivity index (χ2n) is 20.3. The van der Waals surface area contributed by atoms with E-state index in [4.69, 9.17) is 0 Å². The van der Waals surface area contributed by atoms with Gasteiger partial charge >= 0.3 is 0 Å². The molecule has 0 unspecified atom stereocenters. The smallest absolute Gasteiger partial charge is 0.00884 e. The Balaban J connectivity index is 0.000000378. The van der Waals surface area contributed by atoms with Gasteiger partial charge in [0.15, 0.2) is 0 Å². The third-order valence-electron chi connectivity index (χ3n) is 14.9. The number of nitrogens with zero attached hydrogens (tertiary/aromatic N) is 6. The minimum Gasteiger partial charge on any atom is -0.320 e. The Hall–Kier alpha value is -0.480. The molecule has 12 nitrogen and oxygen atoms in total. The van der Waals surface area contributed by atoms with Gasteiger partial charge in [0.1, 0.15) is 0 Å². The second-order valence-corrected chi connectivity index (χ2v) is 20.3. The van der Waals surface area contributed by atoms with Crippen molar-refractivity contribution in [2.24, 2.45) is 23.7 Å². The highest BCUT2D eigenvalue weighted by atomic mass is 15.1. The van der Waals surface area contributed by atoms with Gasteiger partial charge in [0.05, 0.1) is 0 Å². The minimum absolute atomic E-state index is 0.779. The first-order chi connectivity index (χ1) is 30.5. The summed E-state index contributed by atoms with van der Waals surface area (Å²) >= 11 is 0. The van der Waals surface area contributed by atoms with Crippen molar-refractivity contribution < 1.29 is 0 Å². The Morgan fingerprint density at radius 1 is 0.365 bits per heavy atom. The predicted molar refractivity (Wildman–Crippen MR) is 279 cm³/mol. The molecule has 6 N–H and O–H groups in total. The van der Waals surface area contributed by atoms with E-state index in [-0.39, 0.29) is 0 Å². The predicted octanol–water partition coefficient (Wildman–Crippen LogP) is 4.74. The Morgan fingerprint density at radius 3 is 0.968 bits per heavy atom. The molecule has 6 aliphatic rings. The fourth-order valence-electron chi connectivity index (χ4n) is 9.81. The molecule has 0 spiro atoms. The summed E-state index contributed by atoms with van der Waals surface area (Å²) < 4.78 is 0. The van der Waals surface area contributed by atoms with E-state index < -0.39 is 0 Å². The largest absolute Gasteiger partial charge is 0.320 e. The molecule has 6 rings (SSSR count). The summed E-state index contributed by atoms with van der Waals surface area (Å²) in [5, 5.41) is 19.5. The zero-order chi connectivity index (χ0) is 46.5. The van der Waals surface area contributed by atoms with Crippen molar-refractivity contribution in [3.05, 3.63) is 0 Å². The first-order valence-corrected chi connectivity index (χ1v) is 26.7. The summed E-state index contributed by atoms with van der Waals surface area (Å²) in [6.07, 6.45) is 20.4. The zero-order valence-corrected chi connectivity index (χ0v) is 44.5. The fraction of sp³-hybridized carbons (Fsp3) is 1.00. The van der Waals surface area contributed by atoms with Gasteiger partial charge in [-0.25, -0.2) is 0 Å². The van der Waals surface area contributed by atoms with Gasteiger partial charge in [0.2, 0.25) is 0 Å². The van der Waals surface area contributed by atoms with Crippen LogP contribution in [0.3, 0.4) is 0 Å². The molecule has 6 saturated heterocycles. The molecule has 12 heteroatoms. The summed E-state index contributed by atoms with van der Waals surface area (Å²) in [7, 11) is 21.1. The summed E-state index contributed by atoms with van der Waals surface area (Å²) in [6, 6.07) is 1.56. The monoisotopic (exact) mass is 895 g/mol. The van der Waals surface area contributed by atoms with Crippen molar-refractivity contribution in [1.82, 2.24) is 61.3 Å². The Labute approximate surface area is 394 Å². The highest BCUT2D eigenvalue weighted by Crippen LogP contribution is 2.20. The first kappa shape index (κ1) is 60.5. The third kappa shape index (κ3) is 32.0. The van der Waals surface area contributed by atoms with Gasteiger partial charge in [0, 0.05) is 12.1 Å². The maximum Gasteiger partial charge on any atom is 0.00884 e. The normalized spacial score (nSPS) is 22.9. The molecule has 378 valence electrons. The molecule has 63 heavy (non-hydrogen) atoms. The van der Waals surface area contributed by atoms with E-state index in [9.17, 15) is 0 Å². The lowest BCUT2D eigenvalue weighted by atomic mass is 9.94. The van der Waals surface area contributed by atoms with Crippen LogP contribution in [0.5, 0.6) is 0 Å². The summed E-state index contributed by atoms with van der Waals surface area (Å²) in [5.74, 6) is 3.83. The number of rotatable bonds is 15. The van der Waals surface area contributed by atoms with Gasteiger partial charge in [-0.2, -0.15) is 0 Å². The van der Waals surface area contributed by atoms with Crippen molar-refractivity contribution in [2.75, 3.05) is 188 Å². The van der Waals surface area contributed by atoms with Crippen LogP contribution in [0.2, 0.25) is 0 Å². The molecule has 0 radical (unpaired) electrons. The Kier molecular flexibility index (Phi) is 39.0. The van der Waals surface area contributed by atoms with Crippen LogP contribution in [0.15, 0.2) is 0 Å². The molecule has 6 heterocycles. The molecule has 0 amide bonds. The standard InChI is InChI=1S/4C9H20N2.C8H18N2.C7H16N2/c2*1-10-6-3-9-4-7-11(2)8-5-9;1-3-11-6-4-9(5-7-11)8-10-2;1-3-6-11-7-4-9(10-2)5-8-11;1-9-7-8-3-5-10(2)6-4-8;1-8-7-3-5-9(2)6-4-7/h4*9-10H,3-8H2,1-2H3;8-9H,3-7H2,1-2H3;7-8H,3-6H2,1-2H3. The molecule has 0 saturated carbocycles. The molecule has 0 aromatic carbocycles. The average Bonchev–Trinajstić information content (AvgIpc) is 3.31. The molecule has 0 aliphatic carbocycles. The van der Waals surface area contributed by atoms with Crippen molar-refractivity contribution in [3.8, 4) is 0 Å². The summed E-state index contributed by atoms with van der Waals surface area (Å²) in [5.41, 5.74) is 0. The van der Waals surface area contributed by atoms with Gasteiger partial charge < -0.3 is 61.3 Å². The molecule has 0 atom stereocenters. The minimum atomic E-state index is 0.779. The SMILES string of the molecule is CCCN1CCC(NC)CC1.CCN1CCC(CNC)CC1.CNC1CCN(C)CC1.CNCC1CCN(C)CC1.CNCCC1CCN(C)CC1.CNCCC1CCN(C)CC1. The van der Waals surface area contributed by atoms with Crippen LogP contribution in [-0.2, 0) is 0 Å². The van der Waals surface area contributed by atoms with E-state index in [1.165, 1.54) is 214 Å². The molecule has 0 aromatic rings. The lowest BCUT2D eigenvalue weighted by Gasteiger charge is -2.31. The summed E-state index contributed by atoms with van der Waals surface area (Å²) in [4.78, 5) is 14.7. The third-order valence-corrected chi connectivity index (χ3v) is 14.9. The van der Waals surface area contributed by atoms with E-state index in [1.54, 1.807) is 0 Å². The Morgan fingerprint density at radius 2 is 0.667 bits per heavy atom. The van der Waals surface area contributed by atoms with Crippen molar-refractivity contribution >= 4 is 0 Å². The molecule has 0 aromatic heterocycles. The highest BCUT2D eigenvalue weighted by molar-refractivity contribution is 4.77. The number of likely N-dealkylation sites (tertiary alicyclic amines) is 6. The van der Waals surface area contributed by atoms with Crippen LogP contribution >= 0.6 is 0 Å². The van der Waals surface area contributed by atoms with Gasteiger partial charge in [-0.3, -0.25) is 0 Å². The van der Waals surface area contributed by atoms with Crippen LogP contribution in [0, 0.1) is 23.7 Å². The highest BCUT2D eigenvalue weighted by Gasteiger charge is 2.19. The van der Waals surface area contributed by atoms with E-state index >= 15 is 0 Å². The summed E-state index contributed by atoms with van der Waals surface area (Å²) in [6.45, 7) is 27.3. The van der Waals surface area contributed by atoms with E-state index in [1.807, 2.05) is 28.2 Å². The lowest BCUT2D eigenvalue weighted by molar-refractivity contribution is 0.191. The van der Waals surface area contributed by atoms with Crippen LogP contribution in [-0.4, -0.2) is 230 Å². The maximum absolute atomic E-state index is 3.34. The number of hydrogen-bond donors (Lipinski definition) is 6. The second kappa shape index (κ2) is 40.6. The number of nitrogens with one attached hydrogen (secondary N) is 6. The lowest BCUT2D eigenvalue weighted by Crippen LogP contribution is -2.41. The molecular formula is C51H114N12. The topological polar surface area (TPSA) is 91.6 Å². The molecule has 6 fully saturated rings. The van der Waals surface area contributed by atoms with Gasteiger partial charge in [0.25, 0.3) is 0 Å². The molecule has 0 bridgehead atoms. The van der Waals surface area contributed by atoms with Gasteiger partial charge in [-0.15, -0.1) is 0 Å². The molecular weight excluding hydrogens is 781 g/mol. The number of hydrogen-bond acceptors (Lipinski definition) is 12. The van der Waals surface area contributed by atoms with E-state index in [0.29, 0.717) is 0 Å². The van der Waals surface area contributed by atoms with Gasteiger partial charge in [-0.05, 0) is 308 Å². The van der Waals surface area contributed by atoms with E-state index in [2.05, 4.69) is 117 Å². The van der Waals surface area contributed by atoms with Crippen molar-refractivity contribution in [1.29, 1.82) is 0 Å². The first-order valence-electron chi connectivity index (χ1n) is 26.7. The van der Waals surface area contributed by atoms with Crippen LogP contribution in [0.1, 0.15) is 110 Å². The van der Waals surface area contributed by atoms with Crippen molar-refractivity contribution in [2.45, 2.75) is 122 Å². The maximum atomic E-state index is 3.34. The van der Waals surface area contributed by atoms with Crippen LogP contribution < -0.4 is 31.9 Å². The zero-order valence-electron chi connectivity index (χ0n) is 44.5. The van der Waals surface area contributed by atoms with Crippen molar-refractivity contribution in [3.63, 3.8) is 0 Å². The quantitative estimate of drug-likeness (QED) is 0.137. The van der Waals surface area contributed by atoms with Crippen LogP contribution in [0.25, 0.3) is 0 Å². The fourth-order valence-corrected chi connectivity index (χ4v) is 9.81. The van der Waals surface area contributed by atoms with E-state index in [0.717, 1.165) is 35.8 Å². The number of piperidine rings is 6. The molecule has 6 aliphatic heterocycles.